The molecule has 3 aromatic rings. The normalized spacial score (nSPS) is 10.8. The molecule has 0 saturated heterocycles. The lowest BCUT2D eigenvalue weighted by atomic mass is 10.0. The molecule has 0 amide bonds. The van der Waals surface area contributed by atoms with Crippen molar-refractivity contribution in [3.8, 4) is 11.3 Å². The second kappa shape index (κ2) is 6.61. The summed E-state index contributed by atoms with van der Waals surface area (Å²) in [6.45, 7) is 3.70. The SMILES string of the molecule is CCOC(=O)c1cc(Br)cc2c(=O)c(C)c(-c3ccccc3)oc12. The summed E-state index contributed by atoms with van der Waals surface area (Å²) in [5.74, 6) is -0.0595. The molecule has 1 heterocycles. The standard InChI is InChI=1S/C19H15BrO4/c1-3-23-19(22)15-10-13(20)9-14-16(21)11(2)17(24-18(14)15)12-7-5-4-6-8-12/h4-10H,3H2,1-2H3. The van der Waals surface area contributed by atoms with E-state index in [0.29, 0.717) is 21.2 Å². The predicted molar refractivity (Wildman–Crippen MR) is 96.3 cm³/mol. The fourth-order valence-electron chi connectivity index (χ4n) is 2.58. The summed E-state index contributed by atoms with van der Waals surface area (Å²) in [6, 6.07) is 12.6. The molecule has 0 aliphatic rings. The number of carbonyl (C=O) groups is 1. The van der Waals surface area contributed by atoms with E-state index in [0.717, 1.165) is 5.56 Å². The number of hydrogen-bond donors (Lipinski definition) is 0. The van der Waals surface area contributed by atoms with E-state index in [2.05, 4.69) is 15.9 Å². The third-order valence-corrected chi connectivity index (χ3v) is 4.17. The van der Waals surface area contributed by atoms with Crippen LogP contribution >= 0.6 is 15.9 Å². The van der Waals surface area contributed by atoms with E-state index >= 15 is 0 Å². The fourth-order valence-corrected chi connectivity index (χ4v) is 3.04. The monoisotopic (exact) mass is 386 g/mol. The molecule has 0 aliphatic heterocycles. The number of rotatable bonds is 3. The van der Waals surface area contributed by atoms with Crippen LogP contribution in [0.25, 0.3) is 22.3 Å². The zero-order valence-corrected chi connectivity index (χ0v) is 14.8. The van der Waals surface area contributed by atoms with Crippen LogP contribution in [-0.4, -0.2) is 12.6 Å². The lowest BCUT2D eigenvalue weighted by Crippen LogP contribution is -2.11. The van der Waals surface area contributed by atoms with E-state index in [-0.39, 0.29) is 23.2 Å². The maximum Gasteiger partial charge on any atom is 0.341 e. The van der Waals surface area contributed by atoms with Crippen molar-refractivity contribution in [3.05, 3.63) is 68.3 Å². The molecule has 0 aliphatic carbocycles. The molecule has 0 N–H and O–H groups in total. The zero-order valence-electron chi connectivity index (χ0n) is 13.3. The highest BCUT2D eigenvalue weighted by atomic mass is 79.9. The van der Waals surface area contributed by atoms with E-state index < -0.39 is 5.97 Å². The smallest absolute Gasteiger partial charge is 0.341 e. The highest BCUT2D eigenvalue weighted by Gasteiger charge is 2.20. The maximum absolute atomic E-state index is 12.8. The molecule has 0 radical (unpaired) electrons. The van der Waals surface area contributed by atoms with Gasteiger partial charge in [0, 0.05) is 15.6 Å². The summed E-state index contributed by atoms with van der Waals surface area (Å²) in [4.78, 5) is 25.0. The number of benzene rings is 2. The molecule has 0 spiro atoms. The van der Waals surface area contributed by atoms with Crippen molar-refractivity contribution >= 4 is 32.9 Å². The van der Waals surface area contributed by atoms with Crippen LogP contribution in [0, 0.1) is 6.92 Å². The Hall–Kier alpha value is -2.40. The Labute approximate surface area is 147 Å². The van der Waals surface area contributed by atoms with Gasteiger partial charge in [0.05, 0.1) is 12.0 Å². The Morgan fingerprint density at radius 1 is 1.21 bits per heavy atom. The number of ether oxygens (including phenoxy) is 1. The van der Waals surface area contributed by atoms with Gasteiger partial charge in [-0.2, -0.15) is 0 Å². The van der Waals surface area contributed by atoms with Gasteiger partial charge in [0.1, 0.15) is 11.3 Å². The van der Waals surface area contributed by atoms with Crippen LogP contribution in [0.4, 0.5) is 0 Å². The zero-order chi connectivity index (χ0) is 17.3. The first kappa shape index (κ1) is 16.5. The molecule has 122 valence electrons. The Morgan fingerprint density at radius 2 is 1.92 bits per heavy atom. The van der Waals surface area contributed by atoms with Gasteiger partial charge < -0.3 is 9.15 Å². The molecular weight excluding hydrogens is 372 g/mol. The maximum atomic E-state index is 12.8. The van der Waals surface area contributed by atoms with E-state index in [4.69, 9.17) is 9.15 Å². The predicted octanol–water partition coefficient (Wildman–Crippen LogP) is 4.71. The van der Waals surface area contributed by atoms with Gasteiger partial charge in [-0.25, -0.2) is 4.79 Å². The number of fused-ring (bicyclic) bond motifs is 1. The molecule has 5 heteroatoms. The summed E-state index contributed by atoms with van der Waals surface area (Å²) in [7, 11) is 0. The first-order chi connectivity index (χ1) is 11.5. The first-order valence-corrected chi connectivity index (χ1v) is 8.31. The van der Waals surface area contributed by atoms with Crippen LogP contribution in [0.5, 0.6) is 0 Å². The topological polar surface area (TPSA) is 56.5 Å². The minimum atomic E-state index is -0.519. The van der Waals surface area contributed by atoms with Gasteiger partial charge in [0.25, 0.3) is 0 Å². The van der Waals surface area contributed by atoms with Crippen LogP contribution < -0.4 is 5.43 Å². The molecule has 1 aromatic heterocycles. The molecule has 0 unspecified atom stereocenters. The summed E-state index contributed by atoms with van der Waals surface area (Å²) < 4.78 is 11.7. The molecule has 2 aromatic carbocycles. The van der Waals surface area contributed by atoms with Crippen molar-refractivity contribution in [1.29, 1.82) is 0 Å². The quantitative estimate of drug-likeness (QED) is 0.611. The van der Waals surface area contributed by atoms with Gasteiger partial charge in [-0.05, 0) is 26.0 Å². The van der Waals surface area contributed by atoms with Gasteiger partial charge in [-0.1, -0.05) is 46.3 Å². The molecule has 0 bridgehead atoms. The Kier molecular flexibility index (Phi) is 4.53. The Bertz CT molecular complexity index is 974. The summed E-state index contributed by atoms with van der Waals surface area (Å²) in [5, 5.41) is 0.351. The van der Waals surface area contributed by atoms with Crippen LogP contribution in [0.3, 0.4) is 0 Å². The Balaban J connectivity index is 2.37. The van der Waals surface area contributed by atoms with Gasteiger partial charge in [0.2, 0.25) is 0 Å². The molecule has 3 rings (SSSR count). The largest absolute Gasteiger partial charge is 0.462 e. The van der Waals surface area contributed by atoms with E-state index in [9.17, 15) is 9.59 Å². The molecule has 4 nitrogen and oxygen atoms in total. The van der Waals surface area contributed by atoms with Gasteiger partial charge in [-0.15, -0.1) is 0 Å². The van der Waals surface area contributed by atoms with Crippen molar-refractivity contribution < 1.29 is 13.9 Å². The van der Waals surface area contributed by atoms with Crippen LogP contribution in [0.15, 0.2) is 56.1 Å². The lowest BCUT2D eigenvalue weighted by molar-refractivity contribution is 0.0527. The van der Waals surface area contributed by atoms with Crippen molar-refractivity contribution in [2.75, 3.05) is 6.61 Å². The molecular formula is C19H15BrO4. The van der Waals surface area contributed by atoms with Crippen LogP contribution in [0.1, 0.15) is 22.8 Å². The third-order valence-electron chi connectivity index (χ3n) is 3.71. The number of carbonyl (C=O) groups excluding carboxylic acids is 1. The van der Waals surface area contributed by atoms with Crippen molar-refractivity contribution in [2.45, 2.75) is 13.8 Å². The van der Waals surface area contributed by atoms with Gasteiger partial charge in [0.15, 0.2) is 11.0 Å². The van der Waals surface area contributed by atoms with Crippen molar-refractivity contribution in [3.63, 3.8) is 0 Å². The molecule has 0 saturated carbocycles. The molecule has 24 heavy (non-hydrogen) atoms. The second-order valence-corrected chi connectivity index (χ2v) is 6.22. The fraction of sp³-hybridized carbons (Fsp3) is 0.158. The van der Waals surface area contributed by atoms with Crippen molar-refractivity contribution in [1.82, 2.24) is 0 Å². The van der Waals surface area contributed by atoms with E-state index in [1.165, 1.54) is 0 Å². The number of halogens is 1. The summed E-state index contributed by atoms with van der Waals surface area (Å²) >= 11 is 3.34. The minimum absolute atomic E-state index is 0.165. The number of hydrogen-bond acceptors (Lipinski definition) is 4. The average molecular weight is 387 g/mol. The van der Waals surface area contributed by atoms with Crippen LogP contribution in [-0.2, 0) is 4.74 Å². The highest BCUT2D eigenvalue weighted by molar-refractivity contribution is 9.10. The average Bonchev–Trinajstić information content (AvgIpc) is 2.59. The summed E-state index contributed by atoms with van der Waals surface area (Å²) in [6.07, 6.45) is 0. The first-order valence-electron chi connectivity index (χ1n) is 7.52. The summed E-state index contributed by atoms with van der Waals surface area (Å²) in [5.41, 5.74) is 1.59. The minimum Gasteiger partial charge on any atom is -0.462 e. The molecule has 0 atom stereocenters. The van der Waals surface area contributed by atoms with E-state index in [1.54, 1.807) is 26.0 Å². The highest BCUT2D eigenvalue weighted by Crippen LogP contribution is 2.29. The van der Waals surface area contributed by atoms with Gasteiger partial charge in [-0.3, -0.25) is 4.79 Å². The Morgan fingerprint density at radius 3 is 2.58 bits per heavy atom. The van der Waals surface area contributed by atoms with Crippen molar-refractivity contribution in [2.24, 2.45) is 0 Å². The van der Waals surface area contributed by atoms with Crippen LogP contribution in [0.2, 0.25) is 0 Å². The number of esters is 1. The second-order valence-electron chi connectivity index (χ2n) is 5.30. The van der Waals surface area contributed by atoms with E-state index in [1.807, 2.05) is 30.3 Å². The van der Waals surface area contributed by atoms with Gasteiger partial charge >= 0.3 is 5.97 Å². The molecule has 0 fully saturated rings. The lowest BCUT2D eigenvalue weighted by Gasteiger charge is -2.10. The third kappa shape index (κ3) is 2.87.